The first kappa shape index (κ1) is 20.9. The van der Waals surface area contributed by atoms with E-state index < -0.39 is 0 Å². The van der Waals surface area contributed by atoms with Crippen molar-refractivity contribution in [2.24, 2.45) is 0 Å². The summed E-state index contributed by atoms with van der Waals surface area (Å²) >= 11 is 13.9. The maximum absolute atomic E-state index is 12.8. The van der Waals surface area contributed by atoms with Gasteiger partial charge in [0.05, 0.1) is 22.5 Å². The van der Waals surface area contributed by atoms with Gasteiger partial charge in [-0.1, -0.05) is 23.2 Å². The molecule has 31 heavy (non-hydrogen) atoms. The number of amides is 1. The van der Waals surface area contributed by atoms with E-state index in [9.17, 15) is 9.59 Å². The van der Waals surface area contributed by atoms with Gasteiger partial charge in [-0.25, -0.2) is 4.98 Å². The van der Waals surface area contributed by atoms with Gasteiger partial charge in [0.1, 0.15) is 10.7 Å². The van der Waals surface area contributed by atoms with Crippen LogP contribution in [0.4, 0.5) is 0 Å². The van der Waals surface area contributed by atoms with Crippen LogP contribution in [0.5, 0.6) is 0 Å². The Morgan fingerprint density at radius 1 is 1.13 bits per heavy atom. The second-order valence-corrected chi connectivity index (χ2v) is 10.0. The Balaban J connectivity index is 1.27. The molecule has 162 valence electrons. The number of benzene rings is 1. The molecule has 1 amide bonds. The largest absolute Gasteiger partial charge is 0.336 e. The van der Waals surface area contributed by atoms with Crippen molar-refractivity contribution in [3.8, 4) is 0 Å². The maximum atomic E-state index is 12.8. The molecule has 5 rings (SSSR count). The molecule has 1 saturated heterocycles. The van der Waals surface area contributed by atoms with E-state index in [-0.39, 0.29) is 11.5 Å². The third-order valence-electron chi connectivity index (χ3n) is 6.07. The molecule has 0 radical (unpaired) electrons. The summed E-state index contributed by atoms with van der Waals surface area (Å²) in [6.45, 7) is 3.13. The summed E-state index contributed by atoms with van der Waals surface area (Å²) in [6.07, 6.45) is 4.36. The topological polar surface area (TPSA) is 69.3 Å². The first-order valence-electron chi connectivity index (χ1n) is 10.5. The van der Waals surface area contributed by atoms with E-state index in [0.717, 1.165) is 29.5 Å². The molecule has 0 saturated carbocycles. The van der Waals surface area contributed by atoms with Gasteiger partial charge in [0.25, 0.3) is 11.5 Å². The van der Waals surface area contributed by atoms with Crippen LogP contribution in [0, 0.1) is 0 Å². The zero-order valence-corrected chi connectivity index (χ0v) is 19.2. The first-order valence-corrected chi connectivity index (χ1v) is 12.1. The number of piperazine rings is 1. The highest BCUT2D eigenvalue weighted by Crippen LogP contribution is 2.33. The molecule has 1 N–H and O–H groups in total. The Labute approximate surface area is 193 Å². The van der Waals surface area contributed by atoms with Gasteiger partial charge in [0, 0.05) is 36.1 Å². The fourth-order valence-corrected chi connectivity index (χ4v) is 6.09. The highest BCUT2D eigenvalue weighted by molar-refractivity contribution is 7.18. The SMILES string of the molecule is O=C(c1cc(Cl)ccc1Cl)N1CCN(Cc2nc3sc4c(c3c(=O)[nH]2)CCCC4)CC1. The number of halogens is 2. The maximum Gasteiger partial charge on any atom is 0.259 e. The van der Waals surface area contributed by atoms with E-state index >= 15 is 0 Å². The number of fused-ring (bicyclic) bond motifs is 3. The van der Waals surface area contributed by atoms with Gasteiger partial charge in [0.2, 0.25) is 0 Å². The minimum absolute atomic E-state index is 0.0242. The van der Waals surface area contributed by atoms with Crippen LogP contribution in [0.15, 0.2) is 23.0 Å². The number of carbonyl (C=O) groups excluding carboxylic acids is 1. The third-order valence-corrected chi connectivity index (χ3v) is 7.82. The fourth-order valence-electron chi connectivity index (χ4n) is 4.44. The molecule has 1 aromatic carbocycles. The van der Waals surface area contributed by atoms with E-state index in [1.807, 2.05) is 0 Å². The summed E-state index contributed by atoms with van der Waals surface area (Å²) in [5.41, 5.74) is 1.61. The van der Waals surface area contributed by atoms with E-state index in [4.69, 9.17) is 28.2 Å². The number of aryl methyl sites for hydroxylation is 2. The number of aromatic amines is 1. The van der Waals surface area contributed by atoms with Crippen molar-refractivity contribution >= 4 is 50.7 Å². The van der Waals surface area contributed by atoms with Gasteiger partial charge in [-0.05, 0) is 49.4 Å². The lowest BCUT2D eigenvalue weighted by Gasteiger charge is -2.34. The van der Waals surface area contributed by atoms with Gasteiger partial charge >= 0.3 is 0 Å². The molecule has 3 heterocycles. The lowest BCUT2D eigenvalue weighted by Crippen LogP contribution is -2.48. The van der Waals surface area contributed by atoms with E-state index in [0.29, 0.717) is 54.2 Å². The van der Waals surface area contributed by atoms with Crippen molar-refractivity contribution in [1.29, 1.82) is 0 Å². The predicted octanol–water partition coefficient (Wildman–Crippen LogP) is 4.13. The highest BCUT2D eigenvalue weighted by Gasteiger charge is 2.25. The zero-order valence-electron chi connectivity index (χ0n) is 16.9. The minimum Gasteiger partial charge on any atom is -0.336 e. The Bertz CT molecular complexity index is 1210. The van der Waals surface area contributed by atoms with E-state index in [1.54, 1.807) is 34.4 Å². The van der Waals surface area contributed by atoms with Crippen LogP contribution in [0.2, 0.25) is 10.0 Å². The lowest BCUT2D eigenvalue weighted by atomic mass is 9.97. The molecule has 0 atom stereocenters. The summed E-state index contributed by atoms with van der Waals surface area (Å²) < 4.78 is 0. The number of nitrogens with zero attached hydrogens (tertiary/aromatic N) is 3. The Hall–Kier alpha value is -1.93. The van der Waals surface area contributed by atoms with Gasteiger partial charge < -0.3 is 9.88 Å². The molecule has 0 spiro atoms. The van der Waals surface area contributed by atoms with Crippen LogP contribution in [0.25, 0.3) is 10.2 Å². The second kappa shape index (κ2) is 8.54. The number of thiophene rings is 1. The van der Waals surface area contributed by atoms with E-state index in [1.165, 1.54) is 16.9 Å². The van der Waals surface area contributed by atoms with Crippen LogP contribution in [0.3, 0.4) is 0 Å². The molecule has 2 aliphatic rings. The van der Waals surface area contributed by atoms with Crippen LogP contribution < -0.4 is 5.56 Å². The van der Waals surface area contributed by atoms with Crippen molar-refractivity contribution in [2.45, 2.75) is 32.2 Å². The number of hydrogen-bond donors (Lipinski definition) is 1. The summed E-state index contributed by atoms with van der Waals surface area (Å²) in [5.74, 6) is 0.582. The van der Waals surface area contributed by atoms with Crippen molar-refractivity contribution in [3.05, 3.63) is 60.4 Å². The second-order valence-electron chi connectivity index (χ2n) is 8.10. The van der Waals surface area contributed by atoms with Crippen LogP contribution in [-0.2, 0) is 19.4 Å². The van der Waals surface area contributed by atoms with Crippen LogP contribution in [0.1, 0.15) is 39.5 Å². The number of aromatic nitrogens is 2. The molecule has 1 fully saturated rings. The van der Waals surface area contributed by atoms with Crippen molar-refractivity contribution in [1.82, 2.24) is 19.8 Å². The standard InChI is InChI=1S/C22H22Cl2N4O2S/c23-13-5-6-16(24)15(11-13)22(30)28-9-7-27(8-10-28)12-18-25-20(29)19-14-3-1-2-4-17(14)31-21(19)26-18/h5-6,11H,1-4,7-10,12H2,(H,25,26,29). The first-order chi connectivity index (χ1) is 15.0. The number of rotatable bonds is 3. The normalized spacial score (nSPS) is 17.2. The molecule has 1 aliphatic carbocycles. The minimum atomic E-state index is -0.107. The van der Waals surface area contributed by atoms with E-state index in [2.05, 4.69) is 9.88 Å². The smallest absolute Gasteiger partial charge is 0.259 e. The number of carbonyl (C=O) groups is 1. The molecule has 6 nitrogen and oxygen atoms in total. The summed E-state index contributed by atoms with van der Waals surface area (Å²) in [4.78, 5) is 39.5. The lowest BCUT2D eigenvalue weighted by molar-refractivity contribution is 0.0625. The molecule has 0 unspecified atom stereocenters. The number of nitrogens with one attached hydrogen (secondary N) is 1. The third kappa shape index (κ3) is 4.12. The molecule has 9 heteroatoms. The molecule has 0 bridgehead atoms. The van der Waals surface area contributed by atoms with Crippen molar-refractivity contribution in [3.63, 3.8) is 0 Å². The van der Waals surface area contributed by atoms with Crippen LogP contribution >= 0.6 is 34.5 Å². The molecule has 3 aromatic rings. The molecule has 1 aliphatic heterocycles. The van der Waals surface area contributed by atoms with Crippen molar-refractivity contribution in [2.75, 3.05) is 26.2 Å². The van der Waals surface area contributed by atoms with Gasteiger partial charge in [-0.2, -0.15) is 0 Å². The monoisotopic (exact) mass is 476 g/mol. The number of H-pyrrole nitrogens is 1. The number of hydrogen-bond acceptors (Lipinski definition) is 5. The molecule has 2 aromatic heterocycles. The highest BCUT2D eigenvalue weighted by atomic mass is 35.5. The van der Waals surface area contributed by atoms with Gasteiger partial charge in [-0.15, -0.1) is 11.3 Å². The van der Waals surface area contributed by atoms with Gasteiger partial charge in [0.15, 0.2) is 0 Å². The Morgan fingerprint density at radius 3 is 2.71 bits per heavy atom. The Morgan fingerprint density at radius 2 is 1.90 bits per heavy atom. The van der Waals surface area contributed by atoms with Gasteiger partial charge in [-0.3, -0.25) is 14.5 Å². The quantitative estimate of drug-likeness (QED) is 0.616. The average molecular weight is 477 g/mol. The Kier molecular flexibility index (Phi) is 5.77. The fraction of sp³-hybridized carbons (Fsp3) is 0.409. The summed E-state index contributed by atoms with van der Waals surface area (Å²) in [5, 5.41) is 1.69. The average Bonchev–Trinajstić information content (AvgIpc) is 3.14. The molecular formula is C22H22Cl2N4O2S. The van der Waals surface area contributed by atoms with Crippen molar-refractivity contribution < 1.29 is 4.79 Å². The van der Waals surface area contributed by atoms with Crippen LogP contribution in [-0.4, -0.2) is 51.9 Å². The molecular weight excluding hydrogens is 455 g/mol. The predicted molar refractivity (Wildman–Crippen MR) is 125 cm³/mol. The zero-order chi connectivity index (χ0) is 21.5. The summed E-state index contributed by atoms with van der Waals surface area (Å²) in [6, 6.07) is 4.93. The summed E-state index contributed by atoms with van der Waals surface area (Å²) in [7, 11) is 0.